The third kappa shape index (κ3) is 4.83. The number of aliphatic hydroxyl groups is 1. The summed E-state index contributed by atoms with van der Waals surface area (Å²) < 4.78 is 16.7. The first-order chi connectivity index (χ1) is 12.5. The number of hydrogen-bond donors (Lipinski definition) is 1. The van der Waals surface area contributed by atoms with E-state index in [9.17, 15) is 14.7 Å². The number of hydrogen-bond acceptors (Lipinski definition) is 6. The molecule has 3 rings (SSSR count). The van der Waals surface area contributed by atoms with Crippen molar-refractivity contribution in [2.75, 3.05) is 13.2 Å². The molecule has 5 atom stereocenters. The molecule has 2 saturated carbocycles. The van der Waals surface area contributed by atoms with E-state index in [4.69, 9.17) is 14.2 Å². The minimum Gasteiger partial charge on any atom is -0.465 e. The summed E-state index contributed by atoms with van der Waals surface area (Å²) in [5.74, 6) is -0.449. The Morgan fingerprint density at radius 2 is 1.59 bits per heavy atom. The standard InChI is InChI=1S/C21H34O6/c1-19(2,12-25-17(23)20(3)8-5-6-14(22)10-20)13-26-18(24)21(4)9-7-15-16(11-21)27-15/h14-16,22H,5-13H2,1-4H3. The van der Waals surface area contributed by atoms with E-state index in [1.54, 1.807) is 0 Å². The Hall–Kier alpha value is -1.14. The summed E-state index contributed by atoms with van der Waals surface area (Å²) in [7, 11) is 0. The van der Waals surface area contributed by atoms with Gasteiger partial charge in [0, 0.05) is 5.41 Å². The molecule has 3 aliphatic rings. The first kappa shape index (κ1) is 20.6. The van der Waals surface area contributed by atoms with E-state index in [2.05, 4.69) is 0 Å². The topological polar surface area (TPSA) is 85.4 Å². The van der Waals surface area contributed by atoms with Crippen molar-refractivity contribution < 1.29 is 28.9 Å². The molecule has 27 heavy (non-hydrogen) atoms. The van der Waals surface area contributed by atoms with E-state index < -0.39 is 22.3 Å². The lowest BCUT2D eigenvalue weighted by molar-refractivity contribution is -0.167. The van der Waals surface area contributed by atoms with Crippen LogP contribution in [0.2, 0.25) is 0 Å². The zero-order valence-electron chi connectivity index (χ0n) is 17.1. The van der Waals surface area contributed by atoms with Crippen LogP contribution in [0.5, 0.6) is 0 Å². The number of esters is 2. The molecule has 154 valence electrons. The number of fused-ring (bicyclic) bond motifs is 1. The lowest BCUT2D eigenvalue weighted by atomic mass is 9.74. The number of epoxide rings is 1. The second-order valence-corrected chi connectivity index (χ2v) is 10.1. The average Bonchev–Trinajstić information content (AvgIpc) is 3.35. The predicted molar refractivity (Wildman–Crippen MR) is 98.9 cm³/mol. The SMILES string of the molecule is CC(C)(COC(=O)C1(C)CCCC(O)C1)COC(=O)C1(C)CCC2OC2C1. The van der Waals surface area contributed by atoms with Gasteiger partial charge in [-0.15, -0.1) is 0 Å². The van der Waals surface area contributed by atoms with Crippen molar-refractivity contribution in [3.63, 3.8) is 0 Å². The minimum absolute atomic E-state index is 0.182. The van der Waals surface area contributed by atoms with Crippen LogP contribution in [0.1, 0.15) is 72.6 Å². The van der Waals surface area contributed by atoms with Gasteiger partial charge < -0.3 is 19.3 Å². The molecule has 5 unspecified atom stereocenters. The summed E-state index contributed by atoms with van der Waals surface area (Å²) >= 11 is 0. The van der Waals surface area contributed by atoms with Gasteiger partial charge in [-0.1, -0.05) is 13.8 Å². The molecule has 1 saturated heterocycles. The second kappa shape index (κ2) is 7.36. The van der Waals surface area contributed by atoms with Gasteiger partial charge in [0.2, 0.25) is 0 Å². The summed E-state index contributed by atoms with van der Waals surface area (Å²) in [4.78, 5) is 25.1. The van der Waals surface area contributed by atoms with Crippen molar-refractivity contribution >= 4 is 11.9 Å². The molecule has 0 aromatic rings. The van der Waals surface area contributed by atoms with Gasteiger partial charge in [0.1, 0.15) is 0 Å². The molecule has 6 nitrogen and oxygen atoms in total. The Bertz CT molecular complexity index is 559. The Morgan fingerprint density at radius 1 is 1.00 bits per heavy atom. The molecular weight excluding hydrogens is 348 g/mol. The van der Waals surface area contributed by atoms with E-state index in [0.717, 1.165) is 38.5 Å². The maximum atomic E-state index is 12.6. The van der Waals surface area contributed by atoms with Crippen LogP contribution >= 0.6 is 0 Å². The smallest absolute Gasteiger partial charge is 0.311 e. The normalized spacial score (nSPS) is 38.6. The van der Waals surface area contributed by atoms with Crippen LogP contribution in [0.25, 0.3) is 0 Å². The molecule has 1 N–H and O–H groups in total. The highest BCUT2D eigenvalue weighted by atomic mass is 16.6. The molecule has 6 heteroatoms. The Morgan fingerprint density at radius 3 is 2.15 bits per heavy atom. The summed E-state index contributed by atoms with van der Waals surface area (Å²) in [5.41, 5.74) is -1.56. The second-order valence-electron chi connectivity index (χ2n) is 10.1. The monoisotopic (exact) mass is 382 g/mol. The minimum atomic E-state index is -0.624. The van der Waals surface area contributed by atoms with Crippen LogP contribution in [0.3, 0.4) is 0 Å². The van der Waals surface area contributed by atoms with Gasteiger partial charge in [0.25, 0.3) is 0 Å². The molecule has 0 aromatic heterocycles. The lowest BCUT2D eigenvalue weighted by Gasteiger charge is -2.35. The molecule has 3 fully saturated rings. The van der Waals surface area contributed by atoms with E-state index in [1.165, 1.54) is 0 Å². The fourth-order valence-corrected chi connectivity index (χ4v) is 4.35. The van der Waals surface area contributed by atoms with Gasteiger partial charge >= 0.3 is 11.9 Å². The first-order valence-electron chi connectivity index (χ1n) is 10.2. The van der Waals surface area contributed by atoms with E-state index in [1.807, 2.05) is 27.7 Å². The quantitative estimate of drug-likeness (QED) is 0.561. The van der Waals surface area contributed by atoms with Crippen LogP contribution in [0.15, 0.2) is 0 Å². The van der Waals surface area contributed by atoms with E-state index in [0.29, 0.717) is 12.5 Å². The van der Waals surface area contributed by atoms with Crippen molar-refractivity contribution in [1.82, 2.24) is 0 Å². The Kier molecular flexibility index (Phi) is 5.61. The van der Waals surface area contributed by atoms with Gasteiger partial charge in [-0.2, -0.15) is 0 Å². The van der Waals surface area contributed by atoms with Crippen molar-refractivity contribution in [2.45, 2.75) is 91.0 Å². The third-order valence-electron chi connectivity index (χ3n) is 6.45. The Labute approximate surface area is 161 Å². The maximum Gasteiger partial charge on any atom is 0.311 e. The highest BCUT2D eigenvalue weighted by Gasteiger charge is 2.52. The maximum absolute atomic E-state index is 12.6. The van der Waals surface area contributed by atoms with E-state index >= 15 is 0 Å². The van der Waals surface area contributed by atoms with Crippen LogP contribution in [0.4, 0.5) is 0 Å². The van der Waals surface area contributed by atoms with Crippen molar-refractivity contribution in [2.24, 2.45) is 16.2 Å². The largest absolute Gasteiger partial charge is 0.465 e. The molecule has 1 heterocycles. The molecule has 1 aliphatic heterocycles. The zero-order valence-corrected chi connectivity index (χ0v) is 17.1. The summed E-state index contributed by atoms with van der Waals surface area (Å²) in [6.45, 7) is 8.07. The van der Waals surface area contributed by atoms with Gasteiger partial charge in [-0.25, -0.2) is 0 Å². The van der Waals surface area contributed by atoms with Gasteiger partial charge in [0.15, 0.2) is 0 Å². The number of aliphatic hydroxyl groups excluding tert-OH is 1. The predicted octanol–water partition coefficient (Wildman–Crippen LogP) is 3.00. The average molecular weight is 382 g/mol. The van der Waals surface area contributed by atoms with Crippen LogP contribution in [0, 0.1) is 16.2 Å². The zero-order chi connectivity index (χ0) is 19.9. The molecule has 0 spiro atoms. The van der Waals surface area contributed by atoms with Crippen LogP contribution < -0.4 is 0 Å². The summed E-state index contributed by atoms with van der Waals surface area (Å²) in [6, 6.07) is 0. The lowest BCUT2D eigenvalue weighted by Crippen LogP contribution is -2.40. The van der Waals surface area contributed by atoms with Crippen LogP contribution in [-0.4, -0.2) is 48.6 Å². The van der Waals surface area contributed by atoms with Crippen LogP contribution in [-0.2, 0) is 23.8 Å². The number of carbonyl (C=O) groups excluding carboxylic acids is 2. The van der Waals surface area contributed by atoms with Crippen molar-refractivity contribution in [3.05, 3.63) is 0 Å². The Balaban J connectivity index is 1.45. The fraction of sp³-hybridized carbons (Fsp3) is 0.905. The highest BCUT2D eigenvalue weighted by Crippen LogP contribution is 2.47. The molecule has 0 amide bonds. The van der Waals surface area contributed by atoms with E-state index in [-0.39, 0.29) is 31.3 Å². The summed E-state index contributed by atoms with van der Waals surface area (Å²) in [5, 5.41) is 9.86. The third-order valence-corrected chi connectivity index (χ3v) is 6.45. The summed E-state index contributed by atoms with van der Waals surface area (Å²) in [6.07, 6.45) is 5.34. The molecular formula is C21H34O6. The fourth-order valence-electron chi connectivity index (χ4n) is 4.35. The van der Waals surface area contributed by atoms with Crippen molar-refractivity contribution in [3.8, 4) is 0 Å². The number of ether oxygens (including phenoxy) is 3. The number of rotatable bonds is 6. The first-order valence-corrected chi connectivity index (χ1v) is 10.2. The number of carbonyl (C=O) groups is 2. The molecule has 0 bridgehead atoms. The van der Waals surface area contributed by atoms with Crippen molar-refractivity contribution in [1.29, 1.82) is 0 Å². The molecule has 2 aliphatic carbocycles. The molecule has 0 aromatic carbocycles. The molecule has 0 radical (unpaired) electrons. The van der Waals surface area contributed by atoms with Gasteiger partial charge in [0.05, 0.1) is 42.4 Å². The highest BCUT2D eigenvalue weighted by molar-refractivity contribution is 5.77. The van der Waals surface area contributed by atoms with Gasteiger partial charge in [-0.3, -0.25) is 9.59 Å². The van der Waals surface area contributed by atoms with Gasteiger partial charge in [-0.05, 0) is 58.8 Å².